The van der Waals surface area contributed by atoms with Crippen molar-refractivity contribution < 1.29 is 4.42 Å². The molecular formula is C52H32N2O. The van der Waals surface area contributed by atoms with Crippen molar-refractivity contribution in [2.75, 3.05) is 0 Å². The molecule has 55 heavy (non-hydrogen) atoms. The normalized spacial score (nSPS) is 11.6. The van der Waals surface area contributed by atoms with E-state index in [9.17, 15) is 0 Å². The molecule has 256 valence electrons. The van der Waals surface area contributed by atoms with Gasteiger partial charge in [-0.1, -0.05) is 158 Å². The van der Waals surface area contributed by atoms with Gasteiger partial charge < -0.3 is 4.42 Å². The molecule has 0 fully saturated rings. The molecule has 11 aromatic rings. The van der Waals surface area contributed by atoms with Crippen LogP contribution in [0.3, 0.4) is 0 Å². The minimum Gasteiger partial charge on any atom is -0.456 e. The van der Waals surface area contributed by atoms with Crippen LogP contribution in [0.15, 0.2) is 199 Å². The predicted molar refractivity (Wildman–Crippen MR) is 229 cm³/mol. The highest BCUT2D eigenvalue weighted by atomic mass is 16.3. The van der Waals surface area contributed by atoms with Gasteiger partial charge in [0.25, 0.3) is 0 Å². The molecule has 2 aromatic heterocycles. The van der Waals surface area contributed by atoms with Gasteiger partial charge in [0.1, 0.15) is 11.2 Å². The summed E-state index contributed by atoms with van der Waals surface area (Å²) in [4.78, 5) is 10.5. The second-order valence-corrected chi connectivity index (χ2v) is 14.1. The third kappa shape index (κ3) is 5.28. The molecule has 0 bridgehead atoms. The number of furan rings is 1. The minimum absolute atomic E-state index is 0.683. The second-order valence-electron chi connectivity index (χ2n) is 14.1. The third-order valence-electron chi connectivity index (χ3n) is 10.9. The molecule has 0 N–H and O–H groups in total. The molecule has 0 aliphatic heterocycles. The summed E-state index contributed by atoms with van der Waals surface area (Å²) in [7, 11) is 0. The molecule has 0 saturated carbocycles. The van der Waals surface area contributed by atoms with Gasteiger partial charge in [0, 0.05) is 27.5 Å². The third-order valence-corrected chi connectivity index (χ3v) is 10.9. The fraction of sp³-hybridized carbons (Fsp3) is 0. The van der Waals surface area contributed by atoms with Crippen molar-refractivity contribution in [3.05, 3.63) is 194 Å². The summed E-state index contributed by atoms with van der Waals surface area (Å²) in [6.45, 7) is 0. The maximum atomic E-state index is 6.31. The van der Waals surface area contributed by atoms with Gasteiger partial charge in [0.2, 0.25) is 0 Å². The molecule has 9 aromatic carbocycles. The van der Waals surface area contributed by atoms with E-state index in [-0.39, 0.29) is 0 Å². The highest BCUT2D eigenvalue weighted by molar-refractivity contribution is 6.20. The molecular weight excluding hydrogens is 669 g/mol. The topological polar surface area (TPSA) is 38.9 Å². The molecule has 0 aliphatic rings. The van der Waals surface area contributed by atoms with Crippen LogP contribution in [-0.4, -0.2) is 9.97 Å². The Morgan fingerprint density at radius 1 is 0.309 bits per heavy atom. The van der Waals surface area contributed by atoms with E-state index in [1.807, 2.05) is 30.3 Å². The van der Waals surface area contributed by atoms with Gasteiger partial charge >= 0.3 is 0 Å². The van der Waals surface area contributed by atoms with Crippen molar-refractivity contribution in [1.82, 2.24) is 9.97 Å². The molecule has 0 spiro atoms. The smallest absolute Gasteiger partial charge is 0.160 e. The van der Waals surface area contributed by atoms with Crippen molar-refractivity contribution in [1.29, 1.82) is 0 Å². The Morgan fingerprint density at radius 2 is 0.964 bits per heavy atom. The number of hydrogen-bond acceptors (Lipinski definition) is 3. The SMILES string of the molecule is c1ccc(-c2nc(-c3cccc(-c4c5ccccc5cc5c4ccc4ccccc45)c3)cc(-c3ccccc3-c3ccc4c(c3)oc3ccccc34)n2)cc1. The summed E-state index contributed by atoms with van der Waals surface area (Å²) in [6, 6.07) is 68.7. The Bertz CT molecular complexity index is 3270. The molecule has 0 saturated heterocycles. The zero-order chi connectivity index (χ0) is 36.3. The Morgan fingerprint density at radius 3 is 1.85 bits per heavy atom. The Labute approximate surface area is 317 Å². The quantitative estimate of drug-likeness (QED) is 0.133. The van der Waals surface area contributed by atoms with Gasteiger partial charge in [0.05, 0.1) is 11.4 Å². The summed E-state index contributed by atoms with van der Waals surface area (Å²) >= 11 is 0. The first-order chi connectivity index (χ1) is 27.2. The molecule has 0 atom stereocenters. The maximum absolute atomic E-state index is 6.31. The van der Waals surface area contributed by atoms with Crippen LogP contribution in [-0.2, 0) is 0 Å². The predicted octanol–water partition coefficient (Wildman–Crippen LogP) is 14.2. The lowest BCUT2D eigenvalue weighted by molar-refractivity contribution is 0.669. The number of fused-ring (bicyclic) bond motifs is 7. The number of nitrogens with zero attached hydrogens (tertiary/aromatic N) is 2. The average molecular weight is 701 g/mol. The molecule has 0 unspecified atom stereocenters. The fourth-order valence-corrected chi connectivity index (χ4v) is 8.27. The Balaban J connectivity index is 1.10. The maximum Gasteiger partial charge on any atom is 0.160 e. The lowest BCUT2D eigenvalue weighted by Gasteiger charge is -2.16. The number of rotatable bonds is 5. The lowest BCUT2D eigenvalue weighted by Crippen LogP contribution is -1.97. The van der Waals surface area contributed by atoms with E-state index in [1.54, 1.807) is 0 Å². The second kappa shape index (κ2) is 12.6. The molecule has 0 radical (unpaired) electrons. The van der Waals surface area contributed by atoms with Crippen molar-refractivity contribution >= 4 is 54.3 Å². The van der Waals surface area contributed by atoms with E-state index in [4.69, 9.17) is 14.4 Å². The van der Waals surface area contributed by atoms with Crippen molar-refractivity contribution in [2.45, 2.75) is 0 Å². The molecule has 0 amide bonds. The Kier molecular flexibility index (Phi) is 7.17. The van der Waals surface area contributed by atoms with E-state index in [2.05, 4.69) is 164 Å². The minimum atomic E-state index is 0.683. The molecule has 0 aliphatic carbocycles. The summed E-state index contributed by atoms with van der Waals surface area (Å²) < 4.78 is 6.31. The van der Waals surface area contributed by atoms with Crippen LogP contribution < -0.4 is 0 Å². The van der Waals surface area contributed by atoms with Crippen LogP contribution in [0.5, 0.6) is 0 Å². The number of para-hydroxylation sites is 1. The van der Waals surface area contributed by atoms with Gasteiger partial charge in [0.15, 0.2) is 5.82 Å². The summed E-state index contributed by atoms with van der Waals surface area (Å²) in [5, 5.41) is 9.67. The van der Waals surface area contributed by atoms with E-state index < -0.39 is 0 Å². The zero-order valence-electron chi connectivity index (χ0n) is 29.8. The first kappa shape index (κ1) is 31.2. The molecule has 11 rings (SSSR count). The van der Waals surface area contributed by atoms with Gasteiger partial charge in [-0.15, -0.1) is 0 Å². The van der Waals surface area contributed by atoms with Gasteiger partial charge in [-0.2, -0.15) is 0 Å². The number of benzene rings is 9. The summed E-state index contributed by atoms with van der Waals surface area (Å²) in [5.41, 5.74) is 11.0. The van der Waals surface area contributed by atoms with Gasteiger partial charge in [-0.05, 0) is 91.0 Å². The van der Waals surface area contributed by atoms with Crippen LogP contribution >= 0.6 is 0 Å². The monoisotopic (exact) mass is 700 g/mol. The summed E-state index contributed by atoms with van der Waals surface area (Å²) in [5.74, 6) is 0.683. The van der Waals surface area contributed by atoms with E-state index in [0.29, 0.717) is 5.82 Å². The first-order valence-electron chi connectivity index (χ1n) is 18.6. The molecule has 3 nitrogen and oxygen atoms in total. The van der Waals surface area contributed by atoms with E-state index in [0.717, 1.165) is 66.7 Å². The summed E-state index contributed by atoms with van der Waals surface area (Å²) in [6.07, 6.45) is 0. The number of hydrogen-bond donors (Lipinski definition) is 0. The lowest BCUT2D eigenvalue weighted by atomic mass is 9.89. The van der Waals surface area contributed by atoms with E-state index in [1.165, 1.54) is 37.9 Å². The number of aromatic nitrogens is 2. The highest BCUT2D eigenvalue weighted by Crippen LogP contribution is 2.41. The zero-order valence-corrected chi connectivity index (χ0v) is 29.8. The molecule has 2 heterocycles. The van der Waals surface area contributed by atoms with Crippen molar-refractivity contribution in [3.63, 3.8) is 0 Å². The van der Waals surface area contributed by atoms with E-state index >= 15 is 0 Å². The molecule has 3 heteroatoms. The highest BCUT2D eigenvalue weighted by Gasteiger charge is 2.17. The van der Waals surface area contributed by atoms with Crippen LogP contribution in [0.1, 0.15) is 0 Å². The average Bonchev–Trinajstić information content (AvgIpc) is 3.64. The van der Waals surface area contributed by atoms with Crippen LogP contribution in [0, 0.1) is 0 Å². The van der Waals surface area contributed by atoms with Gasteiger partial charge in [-0.3, -0.25) is 0 Å². The van der Waals surface area contributed by atoms with Crippen LogP contribution in [0.4, 0.5) is 0 Å². The first-order valence-corrected chi connectivity index (χ1v) is 18.6. The van der Waals surface area contributed by atoms with Crippen molar-refractivity contribution in [3.8, 4) is 56.2 Å². The van der Waals surface area contributed by atoms with Gasteiger partial charge in [-0.25, -0.2) is 9.97 Å². The fourth-order valence-electron chi connectivity index (χ4n) is 8.27. The standard InChI is InChI=1S/C52H32N2O/c1-2-14-34(15-3-1)52-53-47(32-48(54-52)42-22-9-8-20-40(42)36-26-27-44-43-23-10-11-24-49(43)55-50(44)31-36)37-17-12-18-38(29-37)51-41-21-7-5-16-35(41)30-46-39-19-6-4-13-33(39)25-28-45(46)51/h1-32H. The Hall–Kier alpha value is -7.36. The largest absolute Gasteiger partial charge is 0.456 e. The van der Waals surface area contributed by atoms with Crippen LogP contribution in [0.2, 0.25) is 0 Å². The van der Waals surface area contributed by atoms with Crippen LogP contribution in [0.25, 0.3) is 110 Å². The van der Waals surface area contributed by atoms with Crippen molar-refractivity contribution in [2.24, 2.45) is 0 Å².